The third-order valence-electron chi connectivity index (χ3n) is 2.91. The lowest BCUT2D eigenvalue weighted by atomic mass is 9.93. The largest absolute Gasteiger partial charge is 0.355 e. The molecule has 2 aliphatic heterocycles. The second kappa shape index (κ2) is 2.82. The van der Waals surface area contributed by atoms with Crippen LogP contribution in [-0.2, 0) is 11.2 Å². The van der Waals surface area contributed by atoms with Gasteiger partial charge < -0.3 is 4.74 Å². The molecule has 0 amide bonds. The van der Waals surface area contributed by atoms with Crippen LogP contribution < -0.4 is 5.32 Å². The summed E-state index contributed by atoms with van der Waals surface area (Å²) in [6.45, 7) is 1.09. The van der Waals surface area contributed by atoms with Gasteiger partial charge in [0, 0.05) is 13.0 Å². The Labute approximate surface area is 77.9 Å². The molecule has 2 heteroatoms. The molecule has 13 heavy (non-hydrogen) atoms. The summed E-state index contributed by atoms with van der Waals surface area (Å²) < 4.78 is 5.84. The first-order valence-corrected chi connectivity index (χ1v) is 4.90. The molecule has 2 unspecified atom stereocenters. The molecule has 68 valence electrons. The van der Waals surface area contributed by atoms with Gasteiger partial charge in [0.1, 0.15) is 6.23 Å². The molecule has 2 atom stereocenters. The molecule has 1 aromatic rings. The highest BCUT2D eigenvalue weighted by Crippen LogP contribution is 2.33. The Kier molecular flexibility index (Phi) is 1.64. The van der Waals surface area contributed by atoms with Gasteiger partial charge >= 0.3 is 0 Å². The monoisotopic (exact) mass is 175 g/mol. The van der Waals surface area contributed by atoms with Gasteiger partial charge in [-0.05, 0) is 17.5 Å². The van der Waals surface area contributed by atoms with Crippen molar-refractivity contribution in [2.75, 3.05) is 6.54 Å². The zero-order valence-electron chi connectivity index (χ0n) is 7.49. The fraction of sp³-hybridized carbons (Fsp3) is 0.455. The lowest BCUT2D eigenvalue weighted by Crippen LogP contribution is -2.44. The van der Waals surface area contributed by atoms with Crippen LogP contribution in [0.1, 0.15) is 23.7 Å². The van der Waals surface area contributed by atoms with Gasteiger partial charge in [-0.3, -0.25) is 5.32 Å². The van der Waals surface area contributed by atoms with Gasteiger partial charge in [-0.15, -0.1) is 0 Å². The maximum absolute atomic E-state index is 5.84. The average molecular weight is 175 g/mol. The van der Waals surface area contributed by atoms with Crippen LogP contribution in [0.2, 0.25) is 0 Å². The number of rotatable bonds is 0. The van der Waals surface area contributed by atoms with E-state index in [2.05, 4.69) is 29.6 Å². The number of hydrogen-bond acceptors (Lipinski definition) is 2. The fourth-order valence-corrected chi connectivity index (χ4v) is 2.27. The molecule has 2 heterocycles. The van der Waals surface area contributed by atoms with E-state index in [1.54, 1.807) is 0 Å². The molecule has 0 aromatic heterocycles. The van der Waals surface area contributed by atoms with E-state index in [1.165, 1.54) is 11.1 Å². The fourth-order valence-electron chi connectivity index (χ4n) is 2.27. The van der Waals surface area contributed by atoms with E-state index in [1.807, 2.05) is 0 Å². The molecule has 1 fully saturated rings. The molecule has 1 N–H and O–H groups in total. The van der Waals surface area contributed by atoms with Gasteiger partial charge in [-0.25, -0.2) is 0 Å². The van der Waals surface area contributed by atoms with Crippen molar-refractivity contribution in [1.29, 1.82) is 0 Å². The first kappa shape index (κ1) is 7.54. The molecule has 0 aliphatic carbocycles. The van der Waals surface area contributed by atoms with Crippen molar-refractivity contribution in [3.63, 3.8) is 0 Å². The lowest BCUT2D eigenvalue weighted by Gasteiger charge is -2.37. The summed E-state index contributed by atoms with van der Waals surface area (Å²) in [5, 5.41) is 3.37. The summed E-state index contributed by atoms with van der Waals surface area (Å²) in [6.07, 6.45) is 2.73. The Morgan fingerprint density at radius 1 is 1.31 bits per heavy atom. The highest BCUT2D eigenvalue weighted by Gasteiger charge is 2.29. The first-order chi connectivity index (χ1) is 6.43. The molecule has 3 rings (SSSR count). The Morgan fingerprint density at radius 2 is 2.23 bits per heavy atom. The van der Waals surface area contributed by atoms with Gasteiger partial charge in [0.05, 0.1) is 6.10 Å². The first-order valence-electron chi connectivity index (χ1n) is 4.90. The van der Waals surface area contributed by atoms with E-state index in [-0.39, 0.29) is 6.23 Å². The summed E-state index contributed by atoms with van der Waals surface area (Å²) in [7, 11) is 0. The molecule has 2 nitrogen and oxygen atoms in total. The number of hydrogen-bond donors (Lipinski definition) is 1. The molecule has 0 spiro atoms. The molecular formula is C11H13NO. The van der Waals surface area contributed by atoms with E-state index in [0.717, 1.165) is 19.4 Å². The van der Waals surface area contributed by atoms with Crippen molar-refractivity contribution in [2.24, 2.45) is 0 Å². The topological polar surface area (TPSA) is 21.3 Å². The van der Waals surface area contributed by atoms with Gasteiger partial charge in [-0.2, -0.15) is 0 Å². The van der Waals surface area contributed by atoms with Gasteiger partial charge in [-0.1, -0.05) is 24.3 Å². The third-order valence-corrected chi connectivity index (χ3v) is 2.91. The zero-order chi connectivity index (χ0) is 8.67. The van der Waals surface area contributed by atoms with Crippen LogP contribution >= 0.6 is 0 Å². The number of fused-ring (bicyclic) bond motifs is 4. The van der Waals surface area contributed by atoms with Crippen LogP contribution in [0, 0.1) is 0 Å². The van der Waals surface area contributed by atoms with Crippen LogP contribution in [0.3, 0.4) is 0 Å². The summed E-state index contributed by atoms with van der Waals surface area (Å²) in [5.74, 6) is 0. The zero-order valence-corrected chi connectivity index (χ0v) is 7.49. The lowest BCUT2D eigenvalue weighted by molar-refractivity contribution is -0.0733. The Bertz CT molecular complexity index is 324. The number of benzene rings is 1. The standard InChI is InChI=1S/C11H13NO/c1-2-4-9-8(3-1)7-11-12-6-5-10(9)13-11/h1-4,10-12H,5-7H2. The summed E-state index contributed by atoms with van der Waals surface area (Å²) in [4.78, 5) is 0. The van der Waals surface area contributed by atoms with Crippen LogP contribution in [0.25, 0.3) is 0 Å². The van der Waals surface area contributed by atoms with Crippen molar-refractivity contribution in [3.8, 4) is 0 Å². The summed E-state index contributed by atoms with van der Waals surface area (Å²) >= 11 is 0. The van der Waals surface area contributed by atoms with E-state index in [0.29, 0.717) is 6.10 Å². The molecular weight excluding hydrogens is 162 g/mol. The molecule has 1 aromatic carbocycles. The quantitative estimate of drug-likeness (QED) is 0.647. The van der Waals surface area contributed by atoms with Gasteiger partial charge in [0.25, 0.3) is 0 Å². The highest BCUT2D eigenvalue weighted by molar-refractivity contribution is 5.32. The Hall–Kier alpha value is -0.860. The summed E-state index contributed by atoms with van der Waals surface area (Å²) in [5.41, 5.74) is 2.86. The molecule has 0 saturated carbocycles. The number of nitrogens with one attached hydrogen (secondary N) is 1. The van der Waals surface area contributed by atoms with Crippen molar-refractivity contribution in [2.45, 2.75) is 25.2 Å². The predicted molar refractivity (Wildman–Crippen MR) is 50.4 cm³/mol. The SMILES string of the molecule is c1ccc2c(c1)CC1NCCC2O1. The van der Waals surface area contributed by atoms with E-state index in [9.17, 15) is 0 Å². The Balaban J connectivity index is 2.06. The maximum Gasteiger partial charge on any atom is 0.113 e. The van der Waals surface area contributed by atoms with E-state index >= 15 is 0 Å². The minimum absolute atomic E-state index is 0.258. The van der Waals surface area contributed by atoms with Crippen LogP contribution in [0.15, 0.2) is 24.3 Å². The smallest absolute Gasteiger partial charge is 0.113 e. The van der Waals surface area contributed by atoms with Crippen LogP contribution in [0.4, 0.5) is 0 Å². The summed E-state index contributed by atoms with van der Waals surface area (Å²) in [6, 6.07) is 8.62. The molecule has 1 saturated heterocycles. The highest BCUT2D eigenvalue weighted by atomic mass is 16.5. The molecule has 2 aliphatic rings. The van der Waals surface area contributed by atoms with Crippen molar-refractivity contribution < 1.29 is 4.74 Å². The van der Waals surface area contributed by atoms with Crippen LogP contribution in [0.5, 0.6) is 0 Å². The van der Waals surface area contributed by atoms with Gasteiger partial charge in [0.15, 0.2) is 0 Å². The van der Waals surface area contributed by atoms with Crippen molar-refractivity contribution >= 4 is 0 Å². The van der Waals surface area contributed by atoms with Gasteiger partial charge in [0.2, 0.25) is 0 Å². The van der Waals surface area contributed by atoms with E-state index < -0.39 is 0 Å². The maximum atomic E-state index is 5.84. The van der Waals surface area contributed by atoms with Crippen LogP contribution in [-0.4, -0.2) is 12.8 Å². The van der Waals surface area contributed by atoms with E-state index in [4.69, 9.17) is 4.74 Å². The van der Waals surface area contributed by atoms with Crippen molar-refractivity contribution in [3.05, 3.63) is 35.4 Å². The number of ether oxygens (including phenoxy) is 1. The van der Waals surface area contributed by atoms with Crippen molar-refractivity contribution in [1.82, 2.24) is 5.32 Å². The minimum atomic E-state index is 0.258. The second-order valence-corrected chi connectivity index (χ2v) is 3.76. The molecule has 2 bridgehead atoms. The molecule has 0 radical (unpaired) electrons. The second-order valence-electron chi connectivity index (χ2n) is 3.76. The normalized spacial score (nSPS) is 31.1. The predicted octanol–water partition coefficient (Wildman–Crippen LogP) is 1.62. The third kappa shape index (κ3) is 1.18. The Morgan fingerprint density at radius 3 is 3.23 bits per heavy atom. The average Bonchev–Trinajstić information content (AvgIpc) is 2.18. The minimum Gasteiger partial charge on any atom is -0.355 e.